The highest BCUT2D eigenvalue weighted by Gasteiger charge is 2.36. The molecular formula is C24H40O5Si. The van der Waals surface area contributed by atoms with Crippen molar-refractivity contribution in [1.29, 1.82) is 0 Å². The Bertz CT molecular complexity index is 661. The predicted octanol–water partition coefficient (Wildman–Crippen LogP) is 5.61. The summed E-state index contributed by atoms with van der Waals surface area (Å²) in [6.07, 6.45) is 4.97. The Morgan fingerprint density at radius 3 is 2.30 bits per heavy atom. The minimum atomic E-state index is -1.73. The van der Waals surface area contributed by atoms with E-state index in [0.29, 0.717) is 19.8 Å². The van der Waals surface area contributed by atoms with E-state index in [-0.39, 0.29) is 22.8 Å². The molecule has 2 atom stereocenters. The summed E-state index contributed by atoms with van der Waals surface area (Å²) in [5, 5.41) is 0.202. The van der Waals surface area contributed by atoms with Gasteiger partial charge in [0.1, 0.15) is 5.75 Å². The van der Waals surface area contributed by atoms with E-state index in [0.717, 1.165) is 17.7 Å². The van der Waals surface area contributed by atoms with Gasteiger partial charge in [0.05, 0.1) is 33.4 Å². The zero-order valence-electron chi connectivity index (χ0n) is 20.0. The van der Waals surface area contributed by atoms with Gasteiger partial charge in [-0.3, -0.25) is 4.79 Å². The lowest BCUT2D eigenvalue weighted by atomic mass is 9.94. The van der Waals surface area contributed by atoms with Gasteiger partial charge in [-0.2, -0.15) is 0 Å². The van der Waals surface area contributed by atoms with Crippen molar-refractivity contribution in [3.63, 3.8) is 0 Å². The highest BCUT2D eigenvalue weighted by molar-refractivity contribution is 6.74. The maximum Gasteiger partial charge on any atom is 0.309 e. The average Bonchev–Trinajstić information content (AvgIpc) is 2.70. The molecule has 0 heterocycles. The lowest BCUT2D eigenvalue weighted by molar-refractivity contribution is -0.146. The van der Waals surface area contributed by atoms with Crippen LogP contribution in [0.15, 0.2) is 36.4 Å². The summed E-state index contributed by atoms with van der Waals surface area (Å²) in [6.45, 7) is 14.7. The summed E-state index contributed by atoms with van der Waals surface area (Å²) in [6, 6.07) is 7.78. The molecule has 1 rings (SSSR count). The monoisotopic (exact) mass is 436 g/mol. The Hall–Kier alpha value is -1.63. The minimum Gasteiger partial charge on any atom is -0.497 e. The van der Waals surface area contributed by atoms with Crippen molar-refractivity contribution in [2.75, 3.05) is 27.4 Å². The van der Waals surface area contributed by atoms with E-state index in [1.54, 1.807) is 7.11 Å². The first-order valence-corrected chi connectivity index (χ1v) is 13.5. The van der Waals surface area contributed by atoms with Gasteiger partial charge in [0.15, 0.2) is 8.32 Å². The van der Waals surface area contributed by atoms with Crippen molar-refractivity contribution < 1.29 is 23.4 Å². The van der Waals surface area contributed by atoms with Crippen LogP contribution in [0.1, 0.15) is 39.7 Å². The molecule has 170 valence electrons. The van der Waals surface area contributed by atoms with Gasteiger partial charge in [-0.1, -0.05) is 52.0 Å². The van der Waals surface area contributed by atoms with E-state index < -0.39 is 8.32 Å². The van der Waals surface area contributed by atoms with Gasteiger partial charge in [-0.25, -0.2) is 0 Å². The van der Waals surface area contributed by atoms with E-state index in [1.807, 2.05) is 31.2 Å². The molecule has 0 aliphatic rings. The van der Waals surface area contributed by atoms with Crippen LogP contribution in [0.25, 0.3) is 0 Å². The molecule has 0 spiro atoms. The number of hydrogen-bond donors (Lipinski definition) is 0. The first-order valence-electron chi connectivity index (χ1n) is 10.6. The molecule has 1 aromatic rings. The molecule has 0 saturated heterocycles. The Balaban J connectivity index is 2.60. The Morgan fingerprint density at radius 2 is 1.77 bits per heavy atom. The third kappa shape index (κ3) is 8.62. The van der Waals surface area contributed by atoms with Crippen LogP contribution in [-0.4, -0.2) is 41.7 Å². The predicted molar refractivity (Wildman–Crippen MR) is 124 cm³/mol. The molecule has 0 radical (unpaired) electrons. The zero-order valence-corrected chi connectivity index (χ0v) is 21.0. The average molecular weight is 437 g/mol. The fourth-order valence-electron chi connectivity index (χ4n) is 2.63. The van der Waals surface area contributed by atoms with Crippen LogP contribution in [-0.2, 0) is 25.3 Å². The summed E-state index contributed by atoms with van der Waals surface area (Å²) in [5.74, 6) is 0.265. The first-order chi connectivity index (χ1) is 14.0. The van der Waals surface area contributed by atoms with Crippen LogP contribution in [0, 0.1) is 11.8 Å². The van der Waals surface area contributed by atoms with Crippen LogP contribution in [0.5, 0.6) is 5.75 Å². The lowest BCUT2D eigenvalue weighted by Gasteiger charge is -2.36. The third-order valence-electron chi connectivity index (χ3n) is 5.89. The zero-order chi connectivity index (χ0) is 22.8. The second kappa shape index (κ2) is 12.3. The van der Waals surface area contributed by atoms with E-state index >= 15 is 0 Å². The number of carbonyl (C=O) groups is 1. The molecule has 0 unspecified atom stereocenters. The number of methoxy groups -OCH3 is 2. The van der Waals surface area contributed by atoms with Crippen molar-refractivity contribution in [1.82, 2.24) is 0 Å². The molecule has 30 heavy (non-hydrogen) atoms. The maximum absolute atomic E-state index is 12.0. The fraction of sp³-hybridized carbons (Fsp3) is 0.625. The largest absolute Gasteiger partial charge is 0.497 e. The van der Waals surface area contributed by atoms with E-state index in [2.05, 4.69) is 46.0 Å². The summed E-state index contributed by atoms with van der Waals surface area (Å²) in [4.78, 5) is 12.0. The van der Waals surface area contributed by atoms with Crippen LogP contribution in [0.3, 0.4) is 0 Å². The standard InChI is InChI=1S/C24H40O5Si/c1-19(23(25)27-6)21(11-9-10-16-29-30(7,8)24(2,3)4)18-28-17-20-12-14-22(26-5)15-13-20/h9,11-15,19,21H,10,16-18H2,1-8H3/b11-9+/t19-,21-/m0/s1. The molecule has 0 aliphatic carbocycles. The van der Waals surface area contributed by atoms with Crippen molar-refractivity contribution in [2.45, 2.75) is 58.9 Å². The molecule has 0 bridgehead atoms. The molecule has 0 saturated carbocycles. The summed E-state index contributed by atoms with van der Waals surface area (Å²) in [7, 11) is 1.33. The van der Waals surface area contributed by atoms with Gasteiger partial charge >= 0.3 is 5.97 Å². The Kier molecular flexibility index (Phi) is 10.8. The second-order valence-electron chi connectivity index (χ2n) is 9.16. The third-order valence-corrected chi connectivity index (χ3v) is 10.4. The molecule has 6 heteroatoms. The van der Waals surface area contributed by atoms with Crippen LogP contribution >= 0.6 is 0 Å². The minimum absolute atomic E-state index is 0.0523. The fourth-order valence-corrected chi connectivity index (χ4v) is 3.69. The number of rotatable bonds is 12. The molecule has 0 aliphatic heterocycles. The molecule has 0 amide bonds. The van der Waals surface area contributed by atoms with Crippen molar-refractivity contribution in [3.8, 4) is 5.75 Å². The molecule has 0 N–H and O–H groups in total. The summed E-state index contributed by atoms with van der Waals surface area (Å²) < 4.78 is 22.2. The van der Waals surface area contributed by atoms with Gasteiger partial charge in [0, 0.05) is 12.5 Å². The molecule has 1 aromatic carbocycles. The van der Waals surface area contributed by atoms with Crippen molar-refractivity contribution in [2.24, 2.45) is 11.8 Å². The smallest absolute Gasteiger partial charge is 0.309 e. The quantitative estimate of drug-likeness (QED) is 0.185. The number of ether oxygens (including phenoxy) is 3. The maximum atomic E-state index is 12.0. The second-order valence-corrected chi connectivity index (χ2v) is 14.0. The Morgan fingerprint density at radius 1 is 1.13 bits per heavy atom. The SMILES string of the molecule is COC(=O)[C@@H](C)[C@@H](/C=C/CCO[Si](C)(C)C(C)(C)C)COCc1ccc(OC)cc1. The normalized spacial score (nSPS) is 14.5. The van der Waals surface area contributed by atoms with E-state index in [9.17, 15) is 4.79 Å². The van der Waals surface area contributed by atoms with Gasteiger partial charge < -0.3 is 18.6 Å². The first kappa shape index (κ1) is 26.4. The van der Waals surface area contributed by atoms with Crippen molar-refractivity contribution in [3.05, 3.63) is 42.0 Å². The number of benzene rings is 1. The van der Waals surface area contributed by atoms with Gasteiger partial charge in [-0.15, -0.1) is 0 Å². The van der Waals surface area contributed by atoms with E-state index in [1.165, 1.54) is 7.11 Å². The van der Waals surface area contributed by atoms with Crippen molar-refractivity contribution >= 4 is 14.3 Å². The number of hydrogen-bond acceptors (Lipinski definition) is 5. The molecule has 0 aromatic heterocycles. The summed E-state index contributed by atoms with van der Waals surface area (Å²) >= 11 is 0. The number of carbonyl (C=O) groups excluding carboxylic acids is 1. The van der Waals surface area contributed by atoms with Crippen LogP contribution in [0.2, 0.25) is 18.1 Å². The summed E-state index contributed by atoms with van der Waals surface area (Å²) in [5.41, 5.74) is 1.06. The van der Waals surface area contributed by atoms with Gasteiger partial charge in [0.25, 0.3) is 0 Å². The lowest BCUT2D eigenvalue weighted by Crippen LogP contribution is -2.40. The highest BCUT2D eigenvalue weighted by atomic mass is 28.4. The molecule has 5 nitrogen and oxygen atoms in total. The molecule has 0 fully saturated rings. The van der Waals surface area contributed by atoms with E-state index in [4.69, 9.17) is 18.6 Å². The topological polar surface area (TPSA) is 54.0 Å². The van der Waals surface area contributed by atoms with Crippen LogP contribution in [0.4, 0.5) is 0 Å². The number of esters is 1. The highest BCUT2D eigenvalue weighted by Crippen LogP contribution is 2.36. The molecular weight excluding hydrogens is 396 g/mol. The Labute approximate surface area is 183 Å². The van der Waals surface area contributed by atoms with Gasteiger partial charge in [-0.05, 0) is 42.2 Å². The van der Waals surface area contributed by atoms with Crippen LogP contribution < -0.4 is 4.74 Å². The van der Waals surface area contributed by atoms with Gasteiger partial charge in [0.2, 0.25) is 0 Å².